The van der Waals surface area contributed by atoms with Crippen LogP contribution in [0.4, 0.5) is 5.69 Å². The van der Waals surface area contributed by atoms with Crippen molar-refractivity contribution in [2.45, 2.75) is 85.7 Å². The Kier molecular flexibility index (Phi) is 9.31. The van der Waals surface area contributed by atoms with E-state index in [1.165, 1.54) is 12.8 Å². The van der Waals surface area contributed by atoms with Gasteiger partial charge in [0.2, 0.25) is 0 Å². The van der Waals surface area contributed by atoms with Crippen molar-refractivity contribution in [3.63, 3.8) is 0 Å². The Morgan fingerprint density at radius 2 is 1.66 bits per heavy atom. The van der Waals surface area contributed by atoms with Gasteiger partial charge in [-0.05, 0) is 131 Å². The van der Waals surface area contributed by atoms with Gasteiger partial charge in [-0.2, -0.15) is 10.2 Å². The maximum Gasteiger partial charge on any atom is 0.278 e. The summed E-state index contributed by atoms with van der Waals surface area (Å²) in [7, 11) is 0. The van der Waals surface area contributed by atoms with E-state index in [1.54, 1.807) is 26.0 Å². The molecule has 2 N–H and O–H groups in total. The molecule has 1 saturated heterocycles. The molecule has 0 radical (unpaired) electrons. The number of nitrogens with one attached hydrogen (secondary N) is 1. The molecule has 14 nitrogen and oxygen atoms in total. The third-order valence-electron chi connectivity index (χ3n) is 13.4. The number of benzene rings is 2. The summed E-state index contributed by atoms with van der Waals surface area (Å²) in [4.78, 5) is 42.5. The molecule has 61 heavy (non-hydrogen) atoms. The summed E-state index contributed by atoms with van der Waals surface area (Å²) in [5, 5.41) is 26.2. The molecule has 14 heteroatoms. The van der Waals surface area contributed by atoms with Crippen LogP contribution in [0.1, 0.15) is 74.6 Å². The van der Waals surface area contributed by atoms with Gasteiger partial charge in [0.15, 0.2) is 17.1 Å². The van der Waals surface area contributed by atoms with Gasteiger partial charge in [-0.25, -0.2) is 24.1 Å². The van der Waals surface area contributed by atoms with Crippen molar-refractivity contribution in [2.75, 3.05) is 24.5 Å². The quantitative estimate of drug-likeness (QED) is 0.190. The maximum atomic E-state index is 13.4. The Bertz CT molecular complexity index is 3160. The number of rotatable bonds is 4. The molecule has 2 aliphatic carbocycles. The van der Waals surface area contributed by atoms with E-state index in [-0.39, 0.29) is 22.9 Å². The van der Waals surface area contributed by atoms with E-state index in [0.29, 0.717) is 39.1 Å². The molecule has 2 aromatic carbocycles. The van der Waals surface area contributed by atoms with Crippen molar-refractivity contribution in [1.29, 1.82) is 0 Å². The maximum absolute atomic E-state index is 13.4. The van der Waals surface area contributed by atoms with Crippen LogP contribution in [0.5, 0.6) is 5.75 Å². The van der Waals surface area contributed by atoms with Crippen molar-refractivity contribution >= 4 is 38.5 Å². The Labute approximate surface area is 352 Å². The standard InChI is InChI=1S/C25H27N5O2.C22H24N6O/c1-14-8-20(28-29-13-16(3)27-23(14)29)17-9-18-12-26-30(24(32)22(18)21(31)10-17)19-5-4-15(2)25(11-19)6-7-25;1-14-11-26(9-7-23-14)18-4-5-19-17(10-18)6-8-28(22(19)29)20-13-27-12-15(2)24-21(27)16(3)25-20/h8-10,12-13,15,19,31H,4-7,11H2,1-3H3;4-6,8,10,12-14,23H,7,9,11H2,1-3H3. The molecule has 8 aromatic rings. The molecule has 6 aromatic heterocycles. The van der Waals surface area contributed by atoms with Gasteiger partial charge < -0.3 is 19.7 Å². The minimum absolute atomic E-state index is 0.0228. The van der Waals surface area contributed by atoms with E-state index in [4.69, 9.17) is 0 Å². The fourth-order valence-electron chi connectivity index (χ4n) is 9.81. The third-order valence-corrected chi connectivity index (χ3v) is 13.4. The topological polar surface area (TPSA) is 153 Å². The van der Waals surface area contributed by atoms with Crippen molar-refractivity contribution in [3.8, 4) is 22.8 Å². The number of phenols is 1. The first-order chi connectivity index (χ1) is 29.3. The second kappa shape index (κ2) is 14.6. The fraction of sp³-hybridized carbons (Fsp3) is 0.383. The molecule has 2 saturated carbocycles. The zero-order valence-electron chi connectivity index (χ0n) is 35.6. The molecule has 0 bridgehead atoms. The first-order valence-electron chi connectivity index (χ1n) is 21.4. The first-order valence-corrected chi connectivity index (χ1v) is 21.4. The van der Waals surface area contributed by atoms with Crippen LogP contribution >= 0.6 is 0 Å². The van der Waals surface area contributed by atoms with Gasteiger partial charge in [0.25, 0.3) is 11.1 Å². The van der Waals surface area contributed by atoms with E-state index in [2.05, 4.69) is 55.3 Å². The number of aromatic nitrogens is 9. The van der Waals surface area contributed by atoms with Gasteiger partial charge in [-0.1, -0.05) is 6.92 Å². The van der Waals surface area contributed by atoms with Crippen LogP contribution in [0.3, 0.4) is 0 Å². The zero-order chi connectivity index (χ0) is 42.3. The highest BCUT2D eigenvalue weighted by Crippen LogP contribution is 2.61. The lowest BCUT2D eigenvalue weighted by atomic mass is 9.75. The monoisotopic (exact) mass is 817 g/mol. The van der Waals surface area contributed by atoms with Gasteiger partial charge in [0.1, 0.15) is 5.75 Å². The lowest BCUT2D eigenvalue weighted by Gasteiger charge is -2.35. The van der Waals surface area contributed by atoms with Crippen LogP contribution in [-0.4, -0.2) is 74.1 Å². The molecule has 1 aliphatic heterocycles. The Balaban J connectivity index is 0.000000147. The van der Waals surface area contributed by atoms with Gasteiger partial charge in [-0.15, -0.1) is 0 Å². The van der Waals surface area contributed by atoms with Crippen molar-refractivity contribution in [3.05, 3.63) is 117 Å². The molecule has 1 spiro atoms. The lowest BCUT2D eigenvalue weighted by Crippen LogP contribution is -2.49. The van der Waals surface area contributed by atoms with E-state index in [9.17, 15) is 14.7 Å². The molecule has 7 heterocycles. The third kappa shape index (κ3) is 6.92. The predicted octanol–water partition coefficient (Wildman–Crippen LogP) is 7.02. The van der Waals surface area contributed by atoms with E-state index >= 15 is 0 Å². The van der Waals surface area contributed by atoms with Gasteiger partial charge in [0, 0.05) is 60.1 Å². The highest BCUT2D eigenvalue weighted by atomic mass is 16.3. The van der Waals surface area contributed by atoms with Gasteiger partial charge in [0.05, 0.1) is 52.8 Å². The molecule has 3 unspecified atom stereocenters. The summed E-state index contributed by atoms with van der Waals surface area (Å²) in [6, 6.07) is 14.1. The first kappa shape index (κ1) is 38.8. The van der Waals surface area contributed by atoms with E-state index in [1.807, 2.05) is 87.2 Å². The fourth-order valence-corrected chi connectivity index (χ4v) is 9.81. The van der Waals surface area contributed by atoms with Crippen LogP contribution < -0.4 is 21.3 Å². The summed E-state index contributed by atoms with van der Waals surface area (Å²) in [5.41, 5.74) is 8.00. The molecule has 3 atom stereocenters. The van der Waals surface area contributed by atoms with Crippen molar-refractivity contribution in [1.82, 2.24) is 48.6 Å². The van der Waals surface area contributed by atoms with Crippen LogP contribution in [0, 0.1) is 39.0 Å². The summed E-state index contributed by atoms with van der Waals surface area (Å²) in [6.07, 6.45) is 14.8. The van der Waals surface area contributed by atoms with E-state index < -0.39 is 0 Å². The number of imidazole rings is 2. The van der Waals surface area contributed by atoms with Crippen molar-refractivity contribution in [2.24, 2.45) is 11.3 Å². The molecule has 11 rings (SSSR count). The molecular weight excluding hydrogens is 767 g/mol. The highest BCUT2D eigenvalue weighted by molar-refractivity contribution is 5.91. The number of piperazine rings is 1. The Morgan fingerprint density at radius 3 is 2.46 bits per heavy atom. The van der Waals surface area contributed by atoms with Crippen LogP contribution in [0.25, 0.3) is 49.9 Å². The summed E-state index contributed by atoms with van der Waals surface area (Å²) >= 11 is 0. The highest BCUT2D eigenvalue weighted by Gasteiger charge is 2.51. The lowest BCUT2D eigenvalue weighted by molar-refractivity contribution is 0.163. The average molecular weight is 818 g/mol. The smallest absolute Gasteiger partial charge is 0.278 e. The second-order valence-corrected chi connectivity index (χ2v) is 17.8. The number of hydrogen-bond donors (Lipinski definition) is 2. The number of anilines is 1. The Hall–Kier alpha value is -6.41. The number of aromatic hydroxyl groups is 1. The largest absolute Gasteiger partial charge is 0.507 e. The van der Waals surface area contributed by atoms with Crippen molar-refractivity contribution < 1.29 is 5.11 Å². The molecule has 312 valence electrons. The number of fused-ring (bicyclic) bond motifs is 4. The minimum atomic E-state index is -0.202. The molecule has 0 amide bonds. The number of nitrogens with zero attached hydrogens (tertiary/aromatic N) is 10. The zero-order valence-corrected chi connectivity index (χ0v) is 35.6. The average Bonchev–Trinajstić information content (AvgIpc) is 3.73. The summed E-state index contributed by atoms with van der Waals surface area (Å²) < 4.78 is 6.92. The SMILES string of the molecule is Cc1cn2cc(-n3ccc4cc(N5CCNC(C)C5)ccc4c3=O)nc(C)c2n1.Cc1cn2nc(-c3cc(O)c4c(=O)n(C5CCC(C)C6(CC6)C5)ncc4c3)cc(C)c2n1. The number of aryl methyl sites for hydroxylation is 4. The number of pyridine rings is 1. The normalized spacial score (nSPS) is 19.8. The number of hydrogen-bond acceptors (Lipinski definition) is 10. The Morgan fingerprint density at radius 1 is 0.852 bits per heavy atom. The molecule has 3 aliphatic rings. The molecular formula is C47H51N11O3. The predicted molar refractivity (Wildman–Crippen MR) is 238 cm³/mol. The minimum Gasteiger partial charge on any atom is -0.507 e. The number of phenolic OH excluding ortho intramolecular Hbond substituents is 1. The van der Waals surface area contributed by atoms with Crippen LogP contribution in [-0.2, 0) is 0 Å². The summed E-state index contributed by atoms with van der Waals surface area (Å²) in [6.45, 7) is 15.2. The van der Waals surface area contributed by atoms with Gasteiger partial charge in [-0.3, -0.25) is 14.2 Å². The van der Waals surface area contributed by atoms with Gasteiger partial charge >= 0.3 is 0 Å². The second-order valence-electron chi connectivity index (χ2n) is 17.8. The van der Waals surface area contributed by atoms with Crippen LogP contribution in [0.2, 0.25) is 0 Å². The van der Waals surface area contributed by atoms with Crippen LogP contribution in [0.15, 0.2) is 83.0 Å². The van der Waals surface area contributed by atoms with E-state index in [0.717, 1.165) is 95.4 Å². The molecule has 3 fully saturated rings. The summed E-state index contributed by atoms with van der Waals surface area (Å²) in [5.74, 6) is 1.29.